The molecule has 3 rings (SSSR count). The zero-order valence-electron chi connectivity index (χ0n) is 13.0. The summed E-state index contributed by atoms with van der Waals surface area (Å²) in [5.41, 5.74) is 1.32. The summed E-state index contributed by atoms with van der Waals surface area (Å²) >= 11 is 0. The molecule has 1 saturated heterocycles. The maximum atomic E-state index is 5.76. The summed E-state index contributed by atoms with van der Waals surface area (Å²) < 4.78 is 13.2. The largest absolute Gasteiger partial charge is 0.492 e. The molecule has 0 bridgehead atoms. The van der Waals surface area contributed by atoms with E-state index in [2.05, 4.69) is 22.0 Å². The molecule has 0 N–H and O–H groups in total. The van der Waals surface area contributed by atoms with E-state index in [1.54, 1.807) is 19.6 Å². The first-order chi connectivity index (χ1) is 10.8. The van der Waals surface area contributed by atoms with Gasteiger partial charge < -0.3 is 14.0 Å². The van der Waals surface area contributed by atoms with Crippen molar-refractivity contribution in [2.75, 3.05) is 26.8 Å². The van der Waals surface area contributed by atoms with Gasteiger partial charge in [0.25, 0.3) is 0 Å². The number of hydrogen-bond acceptors (Lipinski definition) is 4. The lowest BCUT2D eigenvalue weighted by Crippen LogP contribution is -2.22. The van der Waals surface area contributed by atoms with E-state index in [1.807, 2.05) is 22.9 Å². The number of ether oxygens (including phenoxy) is 2. The Kier molecular flexibility index (Phi) is 5.08. The highest BCUT2D eigenvalue weighted by Crippen LogP contribution is 2.17. The number of aromatic nitrogens is 2. The van der Waals surface area contributed by atoms with Gasteiger partial charge in [-0.1, -0.05) is 12.1 Å². The van der Waals surface area contributed by atoms with Gasteiger partial charge in [-0.05, 0) is 24.1 Å². The van der Waals surface area contributed by atoms with Crippen LogP contribution < -0.4 is 4.74 Å². The van der Waals surface area contributed by atoms with Crippen LogP contribution in [0.2, 0.25) is 0 Å². The highest BCUT2D eigenvalue weighted by atomic mass is 16.5. The van der Waals surface area contributed by atoms with Gasteiger partial charge in [0, 0.05) is 39.1 Å². The summed E-state index contributed by atoms with van der Waals surface area (Å²) in [6, 6.07) is 8.39. The van der Waals surface area contributed by atoms with Crippen molar-refractivity contribution in [1.29, 1.82) is 0 Å². The molecule has 22 heavy (non-hydrogen) atoms. The third kappa shape index (κ3) is 4.08. The summed E-state index contributed by atoms with van der Waals surface area (Å²) in [5.74, 6) is 0.917. The Morgan fingerprint density at radius 1 is 1.27 bits per heavy atom. The molecule has 1 aromatic carbocycles. The van der Waals surface area contributed by atoms with Crippen molar-refractivity contribution in [3.05, 3.63) is 48.5 Å². The number of benzene rings is 1. The number of likely N-dealkylation sites (tertiary alicyclic amines) is 1. The maximum Gasteiger partial charge on any atom is 0.119 e. The van der Waals surface area contributed by atoms with Crippen LogP contribution in [0.4, 0.5) is 0 Å². The van der Waals surface area contributed by atoms with Gasteiger partial charge >= 0.3 is 0 Å². The van der Waals surface area contributed by atoms with E-state index >= 15 is 0 Å². The lowest BCUT2D eigenvalue weighted by molar-refractivity contribution is 0.107. The number of rotatable bonds is 7. The van der Waals surface area contributed by atoms with Gasteiger partial charge in [-0.3, -0.25) is 4.90 Å². The highest BCUT2D eigenvalue weighted by molar-refractivity contribution is 5.27. The fourth-order valence-corrected chi connectivity index (χ4v) is 2.77. The molecule has 1 aliphatic heterocycles. The minimum atomic E-state index is 0.394. The average Bonchev–Trinajstić information content (AvgIpc) is 3.20. The maximum absolute atomic E-state index is 5.76. The third-order valence-electron chi connectivity index (χ3n) is 4.07. The molecule has 2 heterocycles. The Balaban J connectivity index is 1.44. The molecule has 0 radical (unpaired) electrons. The second-order valence-corrected chi connectivity index (χ2v) is 5.67. The summed E-state index contributed by atoms with van der Waals surface area (Å²) in [5, 5.41) is 0. The van der Waals surface area contributed by atoms with Gasteiger partial charge in [0.05, 0.1) is 19.0 Å². The molecule has 1 atom stereocenters. The topological polar surface area (TPSA) is 39.5 Å². The molecule has 0 saturated carbocycles. The highest BCUT2D eigenvalue weighted by Gasteiger charge is 2.21. The summed E-state index contributed by atoms with van der Waals surface area (Å²) in [6.45, 7) is 4.59. The van der Waals surface area contributed by atoms with Crippen LogP contribution in [-0.2, 0) is 17.8 Å². The summed E-state index contributed by atoms with van der Waals surface area (Å²) in [6.07, 6.45) is 7.05. The normalized spacial score (nSPS) is 18.7. The van der Waals surface area contributed by atoms with Crippen molar-refractivity contribution in [2.45, 2.75) is 25.6 Å². The molecule has 5 heteroatoms. The molecule has 0 amide bonds. The fourth-order valence-electron chi connectivity index (χ4n) is 2.77. The second kappa shape index (κ2) is 7.42. The van der Waals surface area contributed by atoms with Crippen LogP contribution in [0.1, 0.15) is 12.0 Å². The van der Waals surface area contributed by atoms with Crippen LogP contribution in [-0.4, -0.2) is 47.4 Å². The monoisotopic (exact) mass is 301 g/mol. The average molecular weight is 301 g/mol. The lowest BCUT2D eigenvalue weighted by atomic mass is 10.2. The molecule has 5 nitrogen and oxygen atoms in total. The number of imidazole rings is 1. The molecule has 1 aromatic heterocycles. The third-order valence-corrected chi connectivity index (χ3v) is 4.07. The first kappa shape index (κ1) is 15.1. The lowest BCUT2D eigenvalue weighted by Gasteiger charge is -2.16. The Hall–Kier alpha value is -1.85. The van der Waals surface area contributed by atoms with E-state index < -0.39 is 0 Å². The molecule has 2 aromatic rings. The summed E-state index contributed by atoms with van der Waals surface area (Å²) in [7, 11) is 1.80. The first-order valence-corrected chi connectivity index (χ1v) is 7.76. The Morgan fingerprint density at radius 2 is 2.14 bits per heavy atom. The zero-order chi connectivity index (χ0) is 15.2. The van der Waals surface area contributed by atoms with Gasteiger partial charge in [0.2, 0.25) is 0 Å². The molecule has 1 fully saturated rings. The minimum Gasteiger partial charge on any atom is -0.492 e. The van der Waals surface area contributed by atoms with Crippen LogP contribution in [0.3, 0.4) is 0 Å². The Morgan fingerprint density at radius 3 is 2.82 bits per heavy atom. The number of nitrogens with zero attached hydrogens (tertiary/aromatic N) is 3. The van der Waals surface area contributed by atoms with Crippen molar-refractivity contribution in [2.24, 2.45) is 0 Å². The van der Waals surface area contributed by atoms with E-state index in [1.165, 1.54) is 5.56 Å². The van der Waals surface area contributed by atoms with Gasteiger partial charge in [-0.15, -0.1) is 0 Å². The number of methoxy groups -OCH3 is 1. The van der Waals surface area contributed by atoms with Crippen LogP contribution in [0.25, 0.3) is 0 Å². The fraction of sp³-hybridized carbons (Fsp3) is 0.471. The van der Waals surface area contributed by atoms with Crippen molar-refractivity contribution in [3.63, 3.8) is 0 Å². The molecule has 118 valence electrons. The molecule has 1 unspecified atom stereocenters. The van der Waals surface area contributed by atoms with E-state index in [-0.39, 0.29) is 0 Å². The van der Waals surface area contributed by atoms with E-state index in [0.717, 1.165) is 38.3 Å². The van der Waals surface area contributed by atoms with E-state index in [4.69, 9.17) is 9.47 Å². The van der Waals surface area contributed by atoms with E-state index in [0.29, 0.717) is 12.7 Å². The van der Waals surface area contributed by atoms with Gasteiger partial charge in [-0.2, -0.15) is 0 Å². The molecular formula is C17H23N3O2. The smallest absolute Gasteiger partial charge is 0.119 e. The van der Waals surface area contributed by atoms with Crippen LogP contribution in [0.5, 0.6) is 5.75 Å². The van der Waals surface area contributed by atoms with Crippen LogP contribution in [0, 0.1) is 0 Å². The number of hydrogen-bond donors (Lipinski definition) is 0. The molecule has 0 aliphatic carbocycles. The Labute approximate surface area is 131 Å². The standard InChI is InChI=1S/C17H23N3O2/c1-21-17-6-8-20(13-17)12-15-2-4-16(5-3-15)22-11-10-19-9-7-18-14-19/h2-5,7,9,14,17H,6,8,10-13H2,1H3. The van der Waals surface area contributed by atoms with Crippen LogP contribution in [0.15, 0.2) is 43.0 Å². The predicted octanol–water partition coefficient (Wildman–Crippen LogP) is 2.18. The molecular weight excluding hydrogens is 278 g/mol. The van der Waals surface area contributed by atoms with Gasteiger partial charge in [-0.25, -0.2) is 4.98 Å². The first-order valence-electron chi connectivity index (χ1n) is 7.76. The second-order valence-electron chi connectivity index (χ2n) is 5.67. The van der Waals surface area contributed by atoms with Crippen molar-refractivity contribution >= 4 is 0 Å². The van der Waals surface area contributed by atoms with Crippen molar-refractivity contribution in [3.8, 4) is 5.75 Å². The van der Waals surface area contributed by atoms with Crippen LogP contribution >= 0.6 is 0 Å². The molecule has 1 aliphatic rings. The van der Waals surface area contributed by atoms with Crippen molar-refractivity contribution < 1.29 is 9.47 Å². The zero-order valence-corrected chi connectivity index (χ0v) is 13.0. The summed E-state index contributed by atoms with van der Waals surface area (Å²) in [4.78, 5) is 6.45. The van der Waals surface area contributed by atoms with E-state index in [9.17, 15) is 0 Å². The van der Waals surface area contributed by atoms with Gasteiger partial charge in [0.15, 0.2) is 0 Å². The van der Waals surface area contributed by atoms with Gasteiger partial charge in [0.1, 0.15) is 12.4 Å². The minimum absolute atomic E-state index is 0.394. The molecule has 0 spiro atoms. The predicted molar refractivity (Wildman–Crippen MR) is 84.9 cm³/mol. The van der Waals surface area contributed by atoms with Crippen molar-refractivity contribution in [1.82, 2.24) is 14.5 Å². The SMILES string of the molecule is COC1CCN(Cc2ccc(OCCn3ccnc3)cc2)C1. The Bertz CT molecular complexity index is 554. The quantitative estimate of drug-likeness (QED) is 0.786.